The van der Waals surface area contributed by atoms with Gasteiger partial charge in [0.1, 0.15) is 17.4 Å². The second kappa shape index (κ2) is 17.6. The lowest BCUT2D eigenvalue weighted by Crippen LogP contribution is -2.41. The molecule has 3 N–H and O–H groups in total. The van der Waals surface area contributed by atoms with E-state index >= 15 is 0 Å². The third-order valence-electron chi connectivity index (χ3n) is 8.35. The first-order chi connectivity index (χ1) is 23.4. The molecule has 1 amide bonds. The molecule has 0 saturated carbocycles. The molecule has 0 unspecified atom stereocenters. The van der Waals surface area contributed by atoms with Gasteiger partial charge in [0.25, 0.3) is 12.0 Å². The lowest BCUT2D eigenvalue weighted by atomic mass is 9.95. The Labute approximate surface area is 292 Å². The minimum Gasteiger partial charge on any atom is -0.483 e. The lowest BCUT2D eigenvalue weighted by molar-refractivity contribution is -0.139. The minimum atomic E-state index is -4.82. The lowest BCUT2D eigenvalue weighted by Gasteiger charge is -2.26. The molecule has 0 bridgehead atoms. The second-order valence-corrected chi connectivity index (χ2v) is 13.1. The summed E-state index contributed by atoms with van der Waals surface area (Å²) < 4.78 is 56.8. The highest BCUT2D eigenvalue weighted by Crippen LogP contribution is 2.34. The Morgan fingerprint density at radius 3 is 2.34 bits per heavy atom. The third-order valence-corrected chi connectivity index (χ3v) is 8.54. The molecule has 1 aliphatic rings. The topological polar surface area (TPSA) is 142 Å². The molecular formula is C35H41ClF4N4O6. The van der Waals surface area contributed by atoms with Crippen molar-refractivity contribution < 1.29 is 42.2 Å². The van der Waals surface area contributed by atoms with E-state index in [2.05, 4.69) is 10.3 Å². The standard InChI is InChI=1S/C34H39ClF4N4O4.CH2O2/c1-19(2)12-28(43-17-22(8-10-42-11-9-24(36)18-42)25(15-30(43)44)34(37,38)39)33(47)41-27(16-31(45)46)26-13-23(14-29(35)40-26)32-20(3)6-5-7-21(32)4;2-1-3/h5-7,13-15,17,19,24,27-28H,8-12,16,18H2,1-4H3,(H,41,47)(H,45,46);1H,(H,2,3)/t24-,27+,28+;/m1./s1. The van der Waals surface area contributed by atoms with Gasteiger partial charge in [-0.1, -0.05) is 43.6 Å². The summed E-state index contributed by atoms with van der Waals surface area (Å²) in [5.41, 5.74) is 1.27. The molecule has 15 heteroatoms. The number of hydrogen-bond acceptors (Lipinski definition) is 6. The van der Waals surface area contributed by atoms with Gasteiger partial charge in [-0.15, -0.1) is 0 Å². The first-order valence-electron chi connectivity index (χ1n) is 16.0. The summed E-state index contributed by atoms with van der Waals surface area (Å²) in [7, 11) is 0. The number of likely N-dealkylation sites (tertiary alicyclic amines) is 1. The Morgan fingerprint density at radius 2 is 1.80 bits per heavy atom. The van der Waals surface area contributed by atoms with Crippen LogP contribution in [0.2, 0.25) is 5.15 Å². The molecule has 3 aromatic rings. The van der Waals surface area contributed by atoms with Gasteiger partial charge in [0.05, 0.1) is 23.7 Å². The van der Waals surface area contributed by atoms with Gasteiger partial charge in [0.15, 0.2) is 0 Å². The number of hydrogen-bond donors (Lipinski definition) is 3. The predicted molar refractivity (Wildman–Crippen MR) is 180 cm³/mol. The molecule has 50 heavy (non-hydrogen) atoms. The number of aromatic nitrogens is 2. The van der Waals surface area contributed by atoms with E-state index in [9.17, 15) is 37.1 Å². The number of halogens is 5. The zero-order chi connectivity index (χ0) is 37.3. The van der Waals surface area contributed by atoms with Gasteiger partial charge >= 0.3 is 12.1 Å². The van der Waals surface area contributed by atoms with Crippen LogP contribution < -0.4 is 10.9 Å². The van der Waals surface area contributed by atoms with Gasteiger partial charge in [-0.3, -0.25) is 19.2 Å². The summed E-state index contributed by atoms with van der Waals surface area (Å²) in [5, 5.41) is 19.4. The molecule has 1 saturated heterocycles. The maximum Gasteiger partial charge on any atom is 0.416 e. The van der Waals surface area contributed by atoms with Crippen molar-refractivity contribution in [2.24, 2.45) is 5.92 Å². The summed E-state index contributed by atoms with van der Waals surface area (Å²) >= 11 is 6.39. The summed E-state index contributed by atoms with van der Waals surface area (Å²) in [5.74, 6) is -2.17. The van der Waals surface area contributed by atoms with E-state index in [1.807, 2.05) is 32.0 Å². The van der Waals surface area contributed by atoms with Crippen LogP contribution in [0.5, 0.6) is 0 Å². The summed E-state index contributed by atoms with van der Waals surface area (Å²) in [4.78, 5) is 53.5. The molecule has 0 aliphatic carbocycles. The summed E-state index contributed by atoms with van der Waals surface area (Å²) in [6, 6.07) is 7.08. The van der Waals surface area contributed by atoms with Crippen molar-refractivity contribution in [1.82, 2.24) is 19.8 Å². The van der Waals surface area contributed by atoms with Crippen molar-refractivity contribution in [3.05, 3.63) is 86.0 Å². The zero-order valence-corrected chi connectivity index (χ0v) is 28.9. The number of nitrogens with one attached hydrogen (secondary N) is 1. The highest BCUT2D eigenvalue weighted by Gasteiger charge is 2.36. The molecule has 1 aliphatic heterocycles. The number of rotatable bonds is 12. The number of amides is 1. The molecular weight excluding hydrogens is 684 g/mol. The fraction of sp³-hybridized carbons (Fsp3) is 0.457. The Kier molecular flexibility index (Phi) is 14.1. The quantitative estimate of drug-likeness (QED) is 0.111. The first kappa shape index (κ1) is 40.1. The molecule has 3 heterocycles. The number of nitrogens with zero attached hydrogens (tertiary/aromatic N) is 3. The Hall–Kier alpha value is -4.30. The molecule has 272 valence electrons. The number of alkyl halides is 4. The van der Waals surface area contributed by atoms with E-state index in [1.165, 1.54) is 0 Å². The van der Waals surface area contributed by atoms with Gasteiger partial charge < -0.3 is 25.0 Å². The minimum absolute atomic E-state index is 0.0720. The smallest absolute Gasteiger partial charge is 0.416 e. The van der Waals surface area contributed by atoms with Crippen LogP contribution in [0.4, 0.5) is 17.6 Å². The maximum atomic E-state index is 14.0. The monoisotopic (exact) mass is 724 g/mol. The van der Waals surface area contributed by atoms with E-state index in [-0.39, 0.29) is 54.7 Å². The molecule has 0 radical (unpaired) electrons. The van der Waals surface area contributed by atoms with Gasteiger partial charge in [-0.25, -0.2) is 9.37 Å². The fourth-order valence-electron chi connectivity index (χ4n) is 6.14. The van der Waals surface area contributed by atoms with Crippen LogP contribution in [0, 0.1) is 19.8 Å². The van der Waals surface area contributed by atoms with Crippen molar-refractivity contribution in [3.63, 3.8) is 0 Å². The number of aryl methyl sites for hydroxylation is 2. The van der Waals surface area contributed by atoms with Crippen molar-refractivity contribution in [1.29, 1.82) is 0 Å². The highest BCUT2D eigenvalue weighted by molar-refractivity contribution is 6.29. The Morgan fingerprint density at radius 1 is 1.16 bits per heavy atom. The second-order valence-electron chi connectivity index (χ2n) is 12.7. The first-order valence-corrected chi connectivity index (χ1v) is 16.4. The van der Waals surface area contributed by atoms with Crippen LogP contribution in [0.3, 0.4) is 0 Å². The fourth-order valence-corrected chi connectivity index (χ4v) is 6.36. The van der Waals surface area contributed by atoms with E-state index < -0.39 is 53.9 Å². The molecule has 10 nitrogen and oxygen atoms in total. The number of carboxylic acid groups (broad SMARTS) is 2. The SMILES string of the molecule is Cc1cccc(C)c1-c1cc(Cl)nc([C@H](CC(=O)O)NC(=O)[C@H](CC(C)C)n2cc(CCN3CC[C@@H](F)C3)c(C(F)(F)F)cc2=O)c1.O=CO. The van der Waals surface area contributed by atoms with E-state index in [0.717, 1.165) is 27.5 Å². The Bertz CT molecular complexity index is 1710. The van der Waals surface area contributed by atoms with Crippen LogP contribution in [-0.2, 0) is 27.0 Å². The van der Waals surface area contributed by atoms with Gasteiger partial charge in [0, 0.05) is 31.9 Å². The molecule has 1 aromatic carbocycles. The van der Waals surface area contributed by atoms with Gasteiger partial charge in [-0.2, -0.15) is 13.2 Å². The zero-order valence-electron chi connectivity index (χ0n) is 28.1. The van der Waals surface area contributed by atoms with Crippen LogP contribution in [0.1, 0.15) is 73.1 Å². The number of carbonyl (C=O) groups excluding carboxylic acids is 1. The number of benzene rings is 1. The van der Waals surface area contributed by atoms with Crippen LogP contribution in [0.25, 0.3) is 11.1 Å². The number of aliphatic carboxylic acids is 1. The molecule has 1 fully saturated rings. The molecule has 4 rings (SSSR count). The molecule has 2 aromatic heterocycles. The van der Waals surface area contributed by atoms with Gasteiger partial charge in [0.2, 0.25) is 5.91 Å². The number of pyridine rings is 2. The predicted octanol–water partition coefficient (Wildman–Crippen LogP) is 6.41. The van der Waals surface area contributed by atoms with Crippen LogP contribution in [0.15, 0.2) is 47.4 Å². The van der Waals surface area contributed by atoms with E-state index in [1.54, 1.807) is 30.9 Å². The summed E-state index contributed by atoms with van der Waals surface area (Å²) in [6.07, 6.45) is -5.13. The highest BCUT2D eigenvalue weighted by atomic mass is 35.5. The average Bonchev–Trinajstić information content (AvgIpc) is 3.43. The van der Waals surface area contributed by atoms with Crippen molar-refractivity contribution in [2.45, 2.75) is 77.8 Å². The van der Waals surface area contributed by atoms with E-state index in [0.29, 0.717) is 24.6 Å². The number of carbonyl (C=O) groups is 3. The van der Waals surface area contributed by atoms with Gasteiger partial charge in [-0.05, 0) is 79.0 Å². The Balaban J connectivity index is 0.00000217. The van der Waals surface area contributed by atoms with Crippen LogP contribution in [-0.4, -0.2) is 68.8 Å². The van der Waals surface area contributed by atoms with Crippen LogP contribution >= 0.6 is 11.6 Å². The summed E-state index contributed by atoms with van der Waals surface area (Å²) in [6.45, 7) is 7.85. The number of carboxylic acids is 1. The van der Waals surface area contributed by atoms with Crippen molar-refractivity contribution in [3.8, 4) is 11.1 Å². The normalized spacial score (nSPS) is 16.0. The largest absolute Gasteiger partial charge is 0.483 e. The van der Waals surface area contributed by atoms with Crippen molar-refractivity contribution in [2.75, 3.05) is 19.6 Å². The van der Waals surface area contributed by atoms with Crippen molar-refractivity contribution >= 4 is 29.9 Å². The third kappa shape index (κ3) is 10.8. The van der Waals surface area contributed by atoms with E-state index in [4.69, 9.17) is 21.5 Å². The molecule has 3 atom stereocenters. The molecule has 0 spiro atoms. The average molecular weight is 725 g/mol. The maximum absolute atomic E-state index is 14.0.